The second-order valence-corrected chi connectivity index (χ2v) is 13.1. The van der Waals surface area contributed by atoms with Crippen LogP contribution in [0, 0.1) is 45.3 Å². The Bertz CT molecular complexity index is 847. The molecule has 4 aliphatic rings. The van der Waals surface area contributed by atoms with Gasteiger partial charge in [0.25, 0.3) is 0 Å². The van der Waals surface area contributed by atoms with E-state index >= 15 is 0 Å². The molecule has 0 heterocycles. The lowest BCUT2D eigenvalue weighted by atomic mass is 9.35. The molecule has 33 heavy (non-hydrogen) atoms. The molecule has 0 aliphatic heterocycles. The maximum absolute atomic E-state index is 12.7. The van der Waals surface area contributed by atoms with Crippen LogP contribution in [-0.2, 0) is 23.9 Å². The van der Waals surface area contributed by atoms with Crippen molar-refractivity contribution in [2.75, 3.05) is 0 Å². The van der Waals surface area contributed by atoms with Gasteiger partial charge in [0.1, 0.15) is 18.0 Å². The van der Waals surface area contributed by atoms with E-state index in [9.17, 15) is 14.4 Å². The first kappa shape index (κ1) is 24.7. The summed E-state index contributed by atoms with van der Waals surface area (Å²) in [6.07, 6.45) is 6.61. The van der Waals surface area contributed by atoms with Gasteiger partial charge in [0.2, 0.25) is 0 Å². The molecule has 0 radical (unpaired) electrons. The van der Waals surface area contributed by atoms with Crippen molar-refractivity contribution >= 4 is 17.7 Å². The van der Waals surface area contributed by atoms with Crippen molar-refractivity contribution in [2.24, 2.45) is 45.3 Å². The summed E-state index contributed by atoms with van der Waals surface area (Å²) < 4.78 is 11.9. The topological polar surface area (TPSA) is 69.7 Å². The predicted molar refractivity (Wildman–Crippen MR) is 126 cm³/mol. The van der Waals surface area contributed by atoms with Gasteiger partial charge >= 0.3 is 11.9 Å². The Morgan fingerprint density at radius 3 is 1.91 bits per heavy atom. The summed E-state index contributed by atoms with van der Waals surface area (Å²) in [5.41, 5.74) is 0.0332. The lowest BCUT2D eigenvalue weighted by molar-refractivity contribution is -0.247. The number of rotatable bonds is 3. The van der Waals surface area contributed by atoms with Gasteiger partial charge in [-0.15, -0.1) is 0 Å². The zero-order valence-electron chi connectivity index (χ0n) is 22.0. The van der Waals surface area contributed by atoms with Crippen molar-refractivity contribution in [3.05, 3.63) is 0 Å². The fourth-order valence-electron chi connectivity index (χ4n) is 9.90. The first-order valence-corrected chi connectivity index (χ1v) is 13.0. The van der Waals surface area contributed by atoms with Crippen molar-refractivity contribution in [3.63, 3.8) is 0 Å². The van der Waals surface area contributed by atoms with Crippen LogP contribution >= 0.6 is 0 Å². The van der Waals surface area contributed by atoms with Gasteiger partial charge in [0.15, 0.2) is 0 Å². The van der Waals surface area contributed by atoms with Gasteiger partial charge in [-0.25, -0.2) is 0 Å². The molecule has 4 saturated carbocycles. The van der Waals surface area contributed by atoms with Gasteiger partial charge < -0.3 is 9.47 Å². The number of carbonyl (C=O) groups is 3. The third-order valence-corrected chi connectivity index (χ3v) is 11.5. The van der Waals surface area contributed by atoms with E-state index in [0.717, 1.165) is 44.9 Å². The Kier molecular flexibility index (Phi) is 5.85. The summed E-state index contributed by atoms with van der Waals surface area (Å²) in [5, 5.41) is 0. The van der Waals surface area contributed by atoms with Crippen LogP contribution in [0.3, 0.4) is 0 Å². The van der Waals surface area contributed by atoms with Gasteiger partial charge in [-0.3, -0.25) is 14.4 Å². The van der Waals surface area contributed by atoms with E-state index in [0.29, 0.717) is 11.8 Å². The minimum atomic E-state index is -0.239. The highest BCUT2D eigenvalue weighted by Crippen LogP contribution is 2.75. The van der Waals surface area contributed by atoms with E-state index in [4.69, 9.17) is 9.47 Å². The highest BCUT2D eigenvalue weighted by molar-refractivity contribution is 5.79. The molecule has 0 aromatic heterocycles. The van der Waals surface area contributed by atoms with Crippen LogP contribution in [0.1, 0.15) is 100 Å². The average molecular weight is 461 g/mol. The lowest BCUT2D eigenvalue weighted by Crippen LogP contribution is -2.66. The minimum absolute atomic E-state index is 0.0150. The van der Waals surface area contributed by atoms with Gasteiger partial charge in [-0.05, 0) is 80.0 Å². The van der Waals surface area contributed by atoms with Crippen LogP contribution in [0.25, 0.3) is 0 Å². The van der Waals surface area contributed by atoms with E-state index in [2.05, 4.69) is 34.6 Å². The van der Waals surface area contributed by atoms with Crippen molar-refractivity contribution in [1.82, 2.24) is 0 Å². The molecule has 0 N–H and O–H groups in total. The Labute approximate surface area is 199 Å². The molecule has 186 valence electrons. The van der Waals surface area contributed by atoms with E-state index in [-0.39, 0.29) is 63.4 Å². The number of carbonyl (C=O) groups excluding carboxylic acids is 3. The molecule has 4 rings (SSSR count). The maximum Gasteiger partial charge on any atom is 0.302 e. The zero-order valence-corrected chi connectivity index (χ0v) is 22.0. The summed E-state index contributed by atoms with van der Waals surface area (Å²) in [7, 11) is 0. The van der Waals surface area contributed by atoms with E-state index < -0.39 is 0 Å². The molecule has 5 nitrogen and oxygen atoms in total. The maximum atomic E-state index is 12.7. The Morgan fingerprint density at radius 1 is 0.727 bits per heavy atom. The Hall–Kier alpha value is -1.39. The second-order valence-electron chi connectivity index (χ2n) is 13.1. The van der Waals surface area contributed by atoms with Crippen LogP contribution in [-0.4, -0.2) is 29.9 Å². The number of hydrogen-bond donors (Lipinski definition) is 0. The fourth-order valence-corrected chi connectivity index (χ4v) is 9.90. The molecule has 2 unspecified atom stereocenters. The molecule has 0 saturated heterocycles. The highest BCUT2D eigenvalue weighted by atomic mass is 16.5. The summed E-state index contributed by atoms with van der Waals surface area (Å²) in [6, 6.07) is 0. The van der Waals surface area contributed by atoms with E-state index in [1.165, 1.54) is 13.8 Å². The Morgan fingerprint density at radius 2 is 1.33 bits per heavy atom. The summed E-state index contributed by atoms with van der Waals surface area (Å²) >= 11 is 0. The van der Waals surface area contributed by atoms with E-state index in [1.54, 1.807) is 6.92 Å². The van der Waals surface area contributed by atoms with Crippen molar-refractivity contribution in [1.29, 1.82) is 0 Å². The SMILES string of the molecule is CC(=O)O[C@H]1CC[C@]2(C)C3C[C@@H](OC(C)=O)C4[C@@H](C(C)=O)CC[C@@]4(C)[C@]3(C)CC[C@H]2C1(C)C. The number of fused-ring (bicyclic) bond motifs is 5. The average Bonchev–Trinajstić information content (AvgIpc) is 3.05. The smallest absolute Gasteiger partial charge is 0.302 e. The third-order valence-electron chi connectivity index (χ3n) is 11.5. The lowest BCUT2D eigenvalue weighted by Gasteiger charge is -2.70. The van der Waals surface area contributed by atoms with Gasteiger partial charge in [-0.1, -0.05) is 34.6 Å². The number of hydrogen-bond acceptors (Lipinski definition) is 5. The zero-order chi connectivity index (χ0) is 24.6. The van der Waals surface area contributed by atoms with Gasteiger partial charge in [0.05, 0.1) is 0 Å². The molecular formula is C28H44O5. The minimum Gasteiger partial charge on any atom is -0.462 e. The second kappa shape index (κ2) is 7.81. The van der Waals surface area contributed by atoms with Crippen LogP contribution in [0.4, 0.5) is 0 Å². The predicted octanol–water partition coefficient (Wildman–Crippen LogP) is 5.73. The molecular weight excluding hydrogens is 416 g/mol. The first-order valence-electron chi connectivity index (χ1n) is 13.0. The third kappa shape index (κ3) is 3.42. The molecule has 0 aromatic carbocycles. The number of esters is 2. The molecule has 0 aromatic rings. The molecule has 4 aliphatic carbocycles. The molecule has 0 bridgehead atoms. The standard InChI is InChI=1S/C28H44O5/c1-16(29)19-9-13-28(8)24(19)20(32-17(2)30)15-22-26(6)12-11-23(33-18(3)31)25(4,5)21(26)10-14-27(22,28)7/h19-24H,9-15H2,1-8H3/t19-,20-,21+,22?,23+,24?,26+,27-,28-/m1/s1. The largest absolute Gasteiger partial charge is 0.462 e. The van der Waals surface area contributed by atoms with Gasteiger partial charge in [-0.2, -0.15) is 0 Å². The number of ether oxygens (including phenoxy) is 2. The normalized spacial score (nSPS) is 48.1. The summed E-state index contributed by atoms with van der Waals surface area (Å²) in [5.74, 6) is 0.732. The van der Waals surface area contributed by atoms with Crippen LogP contribution in [0.2, 0.25) is 0 Å². The first-order chi connectivity index (χ1) is 15.2. The summed E-state index contributed by atoms with van der Waals surface area (Å²) in [6.45, 7) is 16.6. The molecule has 5 heteroatoms. The highest BCUT2D eigenvalue weighted by Gasteiger charge is 2.71. The van der Waals surface area contributed by atoms with Crippen LogP contribution < -0.4 is 0 Å². The van der Waals surface area contributed by atoms with Crippen molar-refractivity contribution in [3.8, 4) is 0 Å². The molecule has 4 fully saturated rings. The fraction of sp³-hybridized carbons (Fsp3) is 0.893. The van der Waals surface area contributed by atoms with Gasteiger partial charge in [0, 0.05) is 31.1 Å². The quantitative estimate of drug-likeness (QED) is 0.503. The number of ketones is 1. The molecule has 0 amide bonds. The molecule has 9 atom stereocenters. The van der Waals surface area contributed by atoms with Crippen molar-refractivity contribution in [2.45, 2.75) is 113 Å². The Balaban J connectivity index is 1.76. The summed E-state index contributed by atoms with van der Waals surface area (Å²) in [4.78, 5) is 36.7. The van der Waals surface area contributed by atoms with Crippen LogP contribution in [0.15, 0.2) is 0 Å². The van der Waals surface area contributed by atoms with E-state index in [1.807, 2.05) is 0 Å². The van der Waals surface area contributed by atoms with Crippen molar-refractivity contribution < 1.29 is 23.9 Å². The van der Waals surface area contributed by atoms with Crippen LogP contribution in [0.5, 0.6) is 0 Å². The monoisotopic (exact) mass is 460 g/mol. The number of Topliss-reactive ketones (excluding diaryl/α,β-unsaturated/α-hetero) is 1. The molecule has 0 spiro atoms.